The van der Waals surface area contributed by atoms with Gasteiger partial charge in [-0.15, -0.1) is 0 Å². The number of aliphatic hydroxyl groups excluding tert-OH is 1. The number of hydrogen-bond acceptors (Lipinski definition) is 2. The van der Waals surface area contributed by atoms with E-state index in [0.717, 1.165) is 25.1 Å². The van der Waals surface area contributed by atoms with Crippen LogP contribution >= 0.6 is 0 Å². The molecule has 0 saturated carbocycles. The second-order valence-corrected chi connectivity index (χ2v) is 4.87. The van der Waals surface area contributed by atoms with Crippen molar-refractivity contribution in [2.75, 3.05) is 13.2 Å². The molecule has 1 aromatic rings. The van der Waals surface area contributed by atoms with E-state index in [0.29, 0.717) is 0 Å². The van der Waals surface area contributed by atoms with E-state index in [9.17, 15) is 9.90 Å². The third-order valence-corrected chi connectivity index (χ3v) is 3.40. The number of aliphatic hydroxyl groups is 1. The van der Waals surface area contributed by atoms with Crippen LogP contribution in [0.1, 0.15) is 43.2 Å². The van der Waals surface area contributed by atoms with Gasteiger partial charge in [0.2, 0.25) is 0 Å². The maximum Gasteiger partial charge on any atom is 0.270 e. The van der Waals surface area contributed by atoms with E-state index in [1.807, 2.05) is 22.9 Å². The highest BCUT2D eigenvalue weighted by atomic mass is 16.3. The van der Waals surface area contributed by atoms with Crippen LogP contribution in [0.2, 0.25) is 0 Å². The quantitative estimate of drug-likeness (QED) is 0.867. The lowest BCUT2D eigenvalue weighted by atomic mass is 10.2. The van der Waals surface area contributed by atoms with Crippen LogP contribution in [0.3, 0.4) is 0 Å². The summed E-state index contributed by atoms with van der Waals surface area (Å²) in [5, 5.41) is 9.26. The largest absolute Gasteiger partial charge is 0.394 e. The number of carbonyl (C=O) groups excluding carboxylic acids is 1. The van der Waals surface area contributed by atoms with Crippen LogP contribution in [0, 0.1) is 0 Å². The first-order chi connectivity index (χ1) is 8.15. The van der Waals surface area contributed by atoms with E-state index in [4.69, 9.17) is 0 Å². The van der Waals surface area contributed by atoms with Crippen molar-refractivity contribution in [3.05, 3.63) is 24.0 Å². The smallest absolute Gasteiger partial charge is 0.270 e. The number of hydrogen-bond donors (Lipinski definition) is 1. The zero-order chi connectivity index (χ0) is 12.4. The van der Waals surface area contributed by atoms with Gasteiger partial charge in [-0.05, 0) is 38.8 Å². The van der Waals surface area contributed by atoms with Gasteiger partial charge in [-0.3, -0.25) is 4.79 Å². The van der Waals surface area contributed by atoms with E-state index in [2.05, 4.69) is 13.8 Å². The lowest BCUT2D eigenvalue weighted by Crippen LogP contribution is -2.38. The predicted octanol–water partition coefficient (Wildman–Crippen LogP) is 1.67. The fourth-order valence-corrected chi connectivity index (χ4v) is 2.47. The molecule has 2 rings (SSSR count). The first-order valence-corrected chi connectivity index (χ1v) is 6.23. The number of aromatic nitrogens is 1. The second kappa shape index (κ2) is 4.92. The Morgan fingerprint density at radius 2 is 2.35 bits per heavy atom. The van der Waals surface area contributed by atoms with Gasteiger partial charge in [0.15, 0.2) is 0 Å². The molecule has 2 heterocycles. The zero-order valence-electron chi connectivity index (χ0n) is 10.5. The molecular formula is C13H20N2O2. The number of amides is 1. The SMILES string of the molecule is CC(C)n1cccc1C(=O)N1CCCC1CO. The molecule has 1 aromatic heterocycles. The van der Waals surface area contributed by atoms with Crippen LogP contribution in [-0.4, -0.2) is 39.7 Å². The fraction of sp³-hybridized carbons (Fsp3) is 0.615. The lowest BCUT2D eigenvalue weighted by molar-refractivity contribution is 0.0665. The van der Waals surface area contributed by atoms with Crippen molar-refractivity contribution >= 4 is 5.91 Å². The van der Waals surface area contributed by atoms with Gasteiger partial charge in [0, 0.05) is 18.8 Å². The molecule has 0 aromatic carbocycles. The summed E-state index contributed by atoms with van der Waals surface area (Å²) in [6, 6.07) is 4.03. The van der Waals surface area contributed by atoms with Crippen LogP contribution in [-0.2, 0) is 0 Å². The predicted molar refractivity (Wildman–Crippen MR) is 66.0 cm³/mol. The van der Waals surface area contributed by atoms with Crippen molar-refractivity contribution < 1.29 is 9.90 Å². The molecule has 0 aliphatic carbocycles. The Hall–Kier alpha value is -1.29. The molecule has 0 bridgehead atoms. The molecule has 1 aliphatic rings. The summed E-state index contributed by atoms with van der Waals surface area (Å²) in [5.41, 5.74) is 0.723. The number of rotatable bonds is 3. The molecule has 1 amide bonds. The van der Waals surface area contributed by atoms with E-state index in [1.165, 1.54) is 0 Å². The minimum absolute atomic E-state index is 0.00184. The first kappa shape index (κ1) is 12.2. The molecular weight excluding hydrogens is 216 g/mol. The van der Waals surface area contributed by atoms with Gasteiger partial charge < -0.3 is 14.6 Å². The second-order valence-electron chi connectivity index (χ2n) is 4.87. The highest BCUT2D eigenvalue weighted by molar-refractivity contribution is 5.93. The average Bonchev–Trinajstić information content (AvgIpc) is 2.96. The van der Waals surface area contributed by atoms with E-state index >= 15 is 0 Å². The summed E-state index contributed by atoms with van der Waals surface area (Å²) < 4.78 is 1.98. The van der Waals surface area contributed by atoms with Crippen molar-refractivity contribution in [3.63, 3.8) is 0 Å². The van der Waals surface area contributed by atoms with Gasteiger partial charge in [0.1, 0.15) is 5.69 Å². The van der Waals surface area contributed by atoms with Crippen LogP contribution in [0.15, 0.2) is 18.3 Å². The van der Waals surface area contributed by atoms with Crippen LogP contribution in [0.5, 0.6) is 0 Å². The topological polar surface area (TPSA) is 45.5 Å². The number of likely N-dealkylation sites (tertiary alicyclic amines) is 1. The maximum absolute atomic E-state index is 12.4. The zero-order valence-corrected chi connectivity index (χ0v) is 10.5. The number of carbonyl (C=O) groups is 1. The summed E-state index contributed by atoms with van der Waals surface area (Å²) in [5.74, 6) is 0.0419. The molecule has 1 atom stereocenters. The van der Waals surface area contributed by atoms with Gasteiger partial charge in [-0.1, -0.05) is 0 Å². The Bertz CT molecular complexity index is 398. The standard InChI is InChI=1S/C13H20N2O2/c1-10(2)14-7-4-6-12(14)13(17)15-8-3-5-11(15)9-16/h4,6-7,10-11,16H,3,5,8-9H2,1-2H3. The third-order valence-electron chi connectivity index (χ3n) is 3.40. The van der Waals surface area contributed by atoms with E-state index in [1.54, 1.807) is 4.90 Å². The van der Waals surface area contributed by atoms with Gasteiger partial charge in [0.25, 0.3) is 5.91 Å². The lowest BCUT2D eigenvalue weighted by Gasteiger charge is -2.24. The molecule has 4 nitrogen and oxygen atoms in total. The maximum atomic E-state index is 12.4. The van der Waals surface area contributed by atoms with Gasteiger partial charge in [-0.2, -0.15) is 0 Å². The van der Waals surface area contributed by atoms with Gasteiger partial charge in [0.05, 0.1) is 12.6 Å². The fourth-order valence-electron chi connectivity index (χ4n) is 2.47. The number of nitrogens with zero attached hydrogens (tertiary/aromatic N) is 2. The molecule has 94 valence electrons. The molecule has 17 heavy (non-hydrogen) atoms. The van der Waals surface area contributed by atoms with Crippen LogP contribution in [0.4, 0.5) is 0 Å². The Labute approximate surface area is 102 Å². The van der Waals surface area contributed by atoms with Crippen molar-refractivity contribution in [1.29, 1.82) is 0 Å². The van der Waals surface area contributed by atoms with E-state index < -0.39 is 0 Å². The van der Waals surface area contributed by atoms with Crippen molar-refractivity contribution in [3.8, 4) is 0 Å². The Kier molecular flexibility index (Phi) is 3.52. The summed E-state index contributed by atoms with van der Waals surface area (Å²) in [7, 11) is 0. The molecule has 0 radical (unpaired) electrons. The Balaban J connectivity index is 2.22. The van der Waals surface area contributed by atoms with Crippen molar-refractivity contribution in [2.24, 2.45) is 0 Å². The highest BCUT2D eigenvalue weighted by Crippen LogP contribution is 2.21. The summed E-state index contributed by atoms with van der Waals surface area (Å²) >= 11 is 0. The summed E-state index contributed by atoms with van der Waals surface area (Å²) in [6.45, 7) is 4.94. The molecule has 1 aliphatic heterocycles. The molecule has 4 heteroatoms. The highest BCUT2D eigenvalue weighted by Gasteiger charge is 2.30. The minimum Gasteiger partial charge on any atom is -0.394 e. The minimum atomic E-state index is -0.00184. The van der Waals surface area contributed by atoms with Crippen LogP contribution < -0.4 is 0 Å². The van der Waals surface area contributed by atoms with Crippen molar-refractivity contribution in [2.45, 2.75) is 38.8 Å². The monoisotopic (exact) mass is 236 g/mol. The van der Waals surface area contributed by atoms with Crippen LogP contribution in [0.25, 0.3) is 0 Å². The average molecular weight is 236 g/mol. The molecule has 1 saturated heterocycles. The third kappa shape index (κ3) is 2.22. The molecule has 0 spiro atoms. The van der Waals surface area contributed by atoms with E-state index in [-0.39, 0.29) is 24.6 Å². The Morgan fingerprint density at radius 3 is 3.00 bits per heavy atom. The molecule has 1 fully saturated rings. The summed E-state index contributed by atoms with van der Waals surface area (Å²) in [6.07, 6.45) is 3.83. The first-order valence-electron chi connectivity index (χ1n) is 6.23. The van der Waals surface area contributed by atoms with Crippen molar-refractivity contribution in [1.82, 2.24) is 9.47 Å². The normalized spacial score (nSPS) is 20.2. The molecule has 1 N–H and O–H groups in total. The van der Waals surface area contributed by atoms with Gasteiger partial charge in [-0.25, -0.2) is 0 Å². The molecule has 1 unspecified atom stereocenters. The Morgan fingerprint density at radius 1 is 1.59 bits per heavy atom. The summed E-state index contributed by atoms with van der Waals surface area (Å²) in [4.78, 5) is 14.2. The van der Waals surface area contributed by atoms with Gasteiger partial charge >= 0.3 is 0 Å².